The first-order valence-corrected chi connectivity index (χ1v) is 14.7. The van der Waals surface area contributed by atoms with E-state index < -0.39 is 23.8 Å². The Kier molecular flexibility index (Phi) is 11.3. The number of carbonyl (C=O) groups is 3. The van der Waals surface area contributed by atoms with Crippen molar-refractivity contribution < 1.29 is 19.1 Å². The Morgan fingerprint density at radius 3 is 2.12 bits per heavy atom. The third kappa shape index (κ3) is 9.20. The fraction of sp³-hybridized carbons (Fsp3) is 0.400. The molecule has 42 heavy (non-hydrogen) atoms. The molecule has 7 nitrogen and oxygen atoms in total. The quantitative estimate of drug-likeness (QED) is 0.258. The number of hydrogen-bond acceptors (Lipinski definition) is 4. The van der Waals surface area contributed by atoms with Crippen LogP contribution < -0.4 is 10.6 Å². The van der Waals surface area contributed by atoms with Gasteiger partial charge >= 0.3 is 6.09 Å². The van der Waals surface area contributed by atoms with Crippen LogP contribution in [-0.4, -0.2) is 41.0 Å². The molecule has 2 atom stereocenters. The molecule has 0 heterocycles. The Morgan fingerprint density at radius 1 is 0.881 bits per heavy atom. The van der Waals surface area contributed by atoms with Crippen molar-refractivity contribution in [2.45, 2.75) is 85.4 Å². The molecule has 0 aromatic heterocycles. The average Bonchev–Trinajstić information content (AvgIpc) is 2.92. The monoisotopic (exact) mass is 571 g/mol. The summed E-state index contributed by atoms with van der Waals surface area (Å²) in [6.07, 6.45) is 1.08. The normalized spacial score (nSPS) is 12.6. The lowest BCUT2D eigenvalue weighted by Gasteiger charge is -2.35. The van der Waals surface area contributed by atoms with E-state index >= 15 is 0 Å². The van der Waals surface area contributed by atoms with E-state index in [4.69, 9.17) is 4.74 Å². The average molecular weight is 572 g/mol. The maximum Gasteiger partial charge on any atom is 0.408 e. The van der Waals surface area contributed by atoms with E-state index in [9.17, 15) is 14.4 Å². The highest BCUT2D eigenvalue weighted by Gasteiger charge is 2.36. The van der Waals surface area contributed by atoms with E-state index in [0.717, 1.165) is 34.4 Å². The summed E-state index contributed by atoms with van der Waals surface area (Å²) in [5.41, 5.74) is 4.44. The summed E-state index contributed by atoms with van der Waals surface area (Å²) in [5.74, 6) is -0.653. The summed E-state index contributed by atoms with van der Waals surface area (Å²) in [6, 6.07) is 21.2. The largest absolute Gasteiger partial charge is 0.444 e. The first kappa shape index (κ1) is 32.4. The smallest absolute Gasteiger partial charge is 0.408 e. The van der Waals surface area contributed by atoms with E-state index in [2.05, 4.69) is 10.6 Å². The summed E-state index contributed by atoms with van der Waals surface area (Å²) in [6.45, 7) is 13.6. The van der Waals surface area contributed by atoms with Gasteiger partial charge in [-0.3, -0.25) is 9.59 Å². The molecule has 0 fully saturated rings. The number of hydrogen-bond donors (Lipinski definition) is 2. The number of rotatable bonds is 11. The lowest BCUT2D eigenvalue weighted by molar-refractivity contribution is -0.140. The number of benzene rings is 3. The second kappa shape index (κ2) is 14.7. The van der Waals surface area contributed by atoms with Crippen molar-refractivity contribution in [2.75, 3.05) is 11.9 Å². The van der Waals surface area contributed by atoms with Gasteiger partial charge in [0.05, 0.1) is 0 Å². The van der Waals surface area contributed by atoms with Gasteiger partial charge in [-0.1, -0.05) is 91.7 Å². The summed E-state index contributed by atoms with van der Waals surface area (Å²) < 4.78 is 5.53. The highest BCUT2D eigenvalue weighted by atomic mass is 16.6. The van der Waals surface area contributed by atoms with Gasteiger partial charge in [-0.2, -0.15) is 0 Å². The number of amides is 3. The number of nitrogens with zero attached hydrogens (tertiary/aromatic N) is 1. The number of unbranched alkanes of at least 4 members (excludes halogenated alkanes) is 1. The molecule has 0 saturated heterocycles. The first-order chi connectivity index (χ1) is 19.9. The van der Waals surface area contributed by atoms with Crippen molar-refractivity contribution in [3.63, 3.8) is 0 Å². The fourth-order valence-corrected chi connectivity index (χ4v) is 4.91. The third-order valence-electron chi connectivity index (χ3n) is 6.95. The Labute approximate surface area is 250 Å². The molecule has 3 aromatic rings. The third-order valence-corrected chi connectivity index (χ3v) is 6.95. The number of ether oxygens (including phenoxy) is 1. The van der Waals surface area contributed by atoms with Crippen LogP contribution in [0.4, 0.5) is 10.5 Å². The van der Waals surface area contributed by atoms with Crippen LogP contribution in [0.15, 0.2) is 72.8 Å². The maximum atomic E-state index is 14.5. The maximum absolute atomic E-state index is 14.5. The van der Waals surface area contributed by atoms with Crippen LogP contribution in [0.3, 0.4) is 0 Å². The second-order valence-corrected chi connectivity index (χ2v) is 11.8. The van der Waals surface area contributed by atoms with Crippen LogP contribution in [0.1, 0.15) is 74.4 Å². The number of alkyl carbamates (subject to hydrolysis) is 1. The molecule has 0 radical (unpaired) electrons. The molecule has 2 N–H and O–H groups in total. The summed E-state index contributed by atoms with van der Waals surface area (Å²) in [7, 11) is 0. The molecule has 0 spiro atoms. The van der Waals surface area contributed by atoms with Crippen LogP contribution in [-0.2, 0) is 20.7 Å². The van der Waals surface area contributed by atoms with Gasteiger partial charge in [-0.15, -0.1) is 0 Å². The van der Waals surface area contributed by atoms with Gasteiger partial charge in [0.2, 0.25) is 5.91 Å². The topological polar surface area (TPSA) is 87.7 Å². The Bertz CT molecular complexity index is 1340. The molecular formula is C35H45N3O4. The minimum atomic E-state index is -0.945. The van der Waals surface area contributed by atoms with Gasteiger partial charge in [0.15, 0.2) is 0 Å². The van der Waals surface area contributed by atoms with E-state index in [-0.39, 0.29) is 18.2 Å². The number of para-hydroxylation sites is 1. The van der Waals surface area contributed by atoms with E-state index in [1.54, 1.807) is 25.7 Å². The Morgan fingerprint density at radius 2 is 1.52 bits per heavy atom. The Balaban J connectivity index is 2.08. The zero-order valence-corrected chi connectivity index (χ0v) is 26.0. The highest BCUT2D eigenvalue weighted by Crippen LogP contribution is 2.28. The first-order valence-electron chi connectivity index (χ1n) is 14.7. The van der Waals surface area contributed by atoms with Gasteiger partial charge in [-0.25, -0.2) is 4.79 Å². The van der Waals surface area contributed by atoms with Gasteiger partial charge in [0, 0.05) is 18.7 Å². The molecule has 3 aromatic carbocycles. The van der Waals surface area contributed by atoms with Crippen LogP contribution in [0.25, 0.3) is 0 Å². The molecule has 3 rings (SSSR count). The molecule has 224 valence electrons. The summed E-state index contributed by atoms with van der Waals surface area (Å²) >= 11 is 0. The molecular weight excluding hydrogens is 526 g/mol. The van der Waals surface area contributed by atoms with Crippen molar-refractivity contribution in [2.24, 2.45) is 0 Å². The minimum Gasteiger partial charge on any atom is -0.444 e. The van der Waals surface area contributed by atoms with Crippen molar-refractivity contribution in [1.29, 1.82) is 0 Å². The van der Waals surface area contributed by atoms with Crippen molar-refractivity contribution in [1.82, 2.24) is 10.2 Å². The molecule has 0 bridgehead atoms. The predicted octanol–water partition coefficient (Wildman–Crippen LogP) is 7.06. The van der Waals surface area contributed by atoms with Crippen LogP contribution >= 0.6 is 0 Å². The van der Waals surface area contributed by atoms with Crippen LogP contribution in [0, 0.1) is 20.8 Å². The number of nitrogens with one attached hydrogen (secondary N) is 2. The second-order valence-electron chi connectivity index (χ2n) is 11.8. The molecule has 0 saturated carbocycles. The van der Waals surface area contributed by atoms with Gasteiger partial charge < -0.3 is 20.3 Å². The fourth-order valence-electron chi connectivity index (χ4n) is 4.91. The molecule has 0 aliphatic carbocycles. The lowest BCUT2D eigenvalue weighted by Crippen LogP contribution is -2.53. The lowest BCUT2D eigenvalue weighted by atomic mass is 9.98. The van der Waals surface area contributed by atoms with Crippen molar-refractivity contribution in [3.05, 3.63) is 101 Å². The van der Waals surface area contributed by atoms with Gasteiger partial charge in [0.1, 0.15) is 17.7 Å². The summed E-state index contributed by atoms with van der Waals surface area (Å²) in [4.78, 5) is 43.3. The predicted molar refractivity (Wildman–Crippen MR) is 168 cm³/mol. The van der Waals surface area contributed by atoms with Gasteiger partial charge in [0.25, 0.3) is 5.91 Å². The standard InChI is InChI=1S/C35H45N3O4/c1-8-9-21-38(33(40)29(23-27-18-11-10-12-19-27)36-34(41)42-35(5,6)7)31(28-20-13-15-24(2)22-28)32(39)37-30-25(3)16-14-17-26(30)4/h10-20,22,29,31H,8-9,21,23H2,1-7H3,(H,36,41)(H,37,39). The SMILES string of the molecule is CCCCN(C(=O)C(Cc1ccccc1)NC(=O)OC(C)(C)C)C(C(=O)Nc1c(C)cccc1C)c1cccc(C)c1. The molecule has 2 unspecified atom stereocenters. The molecule has 7 heteroatoms. The van der Waals surface area contributed by atoms with Crippen molar-refractivity contribution >= 4 is 23.6 Å². The number of carbonyl (C=O) groups excluding carboxylic acids is 3. The minimum absolute atomic E-state index is 0.251. The van der Waals surface area contributed by atoms with Gasteiger partial charge in [-0.05, 0) is 70.2 Å². The highest BCUT2D eigenvalue weighted by molar-refractivity contribution is 6.00. The zero-order chi connectivity index (χ0) is 30.9. The summed E-state index contributed by atoms with van der Waals surface area (Å²) in [5, 5.41) is 5.94. The molecule has 0 aliphatic rings. The molecule has 0 aliphatic heterocycles. The number of anilines is 1. The van der Waals surface area contributed by atoms with Crippen molar-refractivity contribution in [3.8, 4) is 0 Å². The Hall–Kier alpha value is -4.13. The molecule has 3 amide bonds. The van der Waals surface area contributed by atoms with E-state index in [1.165, 1.54) is 0 Å². The van der Waals surface area contributed by atoms with E-state index in [0.29, 0.717) is 18.5 Å². The van der Waals surface area contributed by atoms with Crippen LogP contribution in [0.5, 0.6) is 0 Å². The van der Waals surface area contributed by atoms with E-state index in [1.807, 2.05) is 100 Å². The van der Waals surface area contributed by atoms with Crippen LogP contribution in [0.2, 0.25) is 0 Å². The zero-order valence-electron chi connectivity index (χ0n) is 26.0. The number of aryl methyl sites for hydroxylation is 3.